The monoisotopic (exact) mass is 459 g/mol. The van der Waals surface area contributed by atoms with Crippen molar-refractivity contribution in [3.05, 3.63) is 59.7 Å². The molecule has 0 radical (unpaired) electrons. The number of carbonyl (C=O) groups excluding carboxylic acids is 1. The van der Waals surface area contributed by atoms with Gasteiger partial charge in [0.05, 0.1) is 19.1 Å². The molecule has 1 atom stereocenters. The van der Waals surface area contributed by atoms with Crippen LogP contribution in [-0.4, -0.2) is 51.7 Å². The van der Waals surface area contributed by atoms with Gasteiger partial charge in [-0.05, 0) is 68.2 Å². The third kappa shape index (κ3) is 6.23. The maximum absolute atomic E-state index is 12.9. The summed E-state index contributed by atoms with van der Waals surface area (Å²) < 4.78 is 31.3. The van der Waals surface area contributed by atoms with Crippen LogP contribution in [0.15, 0.2) is 48.5 Å². The molecule has 1 saturated heterocycles. The Morgan fingerprint density at radius 1 is 1.06 bits per heavy atom. The zero-order valence-electron chi connectivity index (χ0n) is 19.1. The Morgan fingerprint density at radius 3 is 2.28 bits per heavy atom. The molecule has 1 aliphatic heterocycles. The van der Waals surface area contributed by atoms with Crippen molar-refractivity contribution >= 4 is 21.6 Å². The Labute approximate surface area is 191 Å². The van der Waals surface area contributed by atoms with Gasteiger partial charge < -0.3 is 10.1 Å². The molecule has 0 aliphatic carbocycles. The number of benzene rings is 2. The Bertz CT molecular complexity index is 1000. The van der Waals surface area contributed by atoms with E-state index < -0.39 is 16.1 Å². The fraction of sp³-hybridized carbons (Fsp3) is 0.458. The highest BCUT2D eigenvalue weighted by Crippen LogP contribution is 2.24. The molecule has 2 aromatic rings. The number of anilines is 1. The van der Waals surface area contributed by atoms with E-state index in [0.29, 0.717) is 18.0 Å². The highest BCUT2D eigenvalue weighted by Gasteiger charge is 2.29. The number of piperidine rings is 1. The quantitative estimate of drug-likeness (QED) is 0.623. The summed E-state index contributed by atoms with van der Waals surface area (Å²) in [6.07, 6.45) is 4.85. The fourth-order valence-corrected chi connectivity index (χ4v) is 5.29. The van der Waals surface area contributed by atoms with Crippen molar-refractivity contribution in [1.82, 2.24) is 10.2 Å². The SMILES string of the molecule is COc1ccc(N([C@@H](C)C(=O)NCc2ccccc2CN2CCCCC2)S(C)(=O)=O)cc1. The van der Waals surface area contributed by atoms with Crippen LogP contribution in [0.2, 0.25) is 0 Å². The third-order valence-electron chi connectivity index (χ3n) is 5.83. The van der Waals surface area contributed by atoms with Gasteiger partial charge in [0.1, 0.15) is 11.8 Å². The summed E-state index contributed by atoms with van der Waals surface area (Å²) in [5, 5.41) is 2.93. The second kappa shape index (κ2) is 10.8. The molecule has 0 saturated carbocycles. The van der Waals surface area contributed by atoms with Crippen LogP contribution in [0.25, 0.3) is 0 Å². The average molecular weight is 460 g/mol. The largest absolute Gasteiger partial charge is 0.497 e. The molecule has 174 valence electrons. The average Bonchev–Trinajstić information content (AvgIpc) is 2.78. The Morgan fingerprint density at radius 2 is 1.69 bits per heavy atom. The van der Waals surface area contributed by atoms with E-state index in [2.05, 4.69) is 16.3 Å². The van der Waals surface area contributed by atoms with Crippen LogP contribution in [0.3, 0.4) is 0 Å². The molecule has 7 nitrogen and oxygen atoms in total. The molecule has 1 fully saturated rings. The fourth-order valence-electron chi connectivity index (χ4n) is 4.11. The predicted octanol–water partition coefficient (Wildman–Crippen LogP) is 3.15. The van der Waals surface area contributed by atoms with Crippen molar-refractivity contribution in [2.24, 2.45) is 0 Å². The van der Waals surface area contributed by atoms with Gasteiger partial charge in [-0.3, -0.25) is 14.0 Å². The summed E-state index contributed by atoms with van der Waals surface area (Å²) in [6.45, 7) is 5.02. The smallest absolute Gasteiger partial charge is 0.243 e. The number of methoxy groups -OCH3 is 1. The summed E-state index contributed by atoms with van der Waals surface area (Å²) in [5.41, 5.74) is 2.66. The summed E-state index contributed by atoms with van der Waals surface area (Å²) in [4.78, 5) is 15.4. The standard InChI is InChI=1S/C24H33N3O4S/c1-19(27(32(3,29)30)22-11-13-23(31-2)14-12-22)24(28)25-17-20-9-5-6-10-21(20)18-26-15-7-4-8-16-26/h5-6,9-14,19H,4,7-8,15-18H2,1-3H3,(H,25,28)/t19-/m0/s1. The maximum atomic E-state index is 12.9. The molecule has 0 spiro atoms. The molecule has 8 heteroatoms. The Hall–Kier alpha value is -2.58. The highest BCUT2D eigenvalue weighted by atomic mass is 32.2. The van der Waals surface area contributed by atoms with Crippen LogP contribution < -0.4 is 14.4 Å². The number of ether oxygens (including phenoxy) is 1. The van der Waals surface area contributed by atoms with E-state index in [-0.39, 0.29) is 5.91 Å². The van der Waals surface area contributed by atoms with E-state index in [0.717, 1.165) is 35.8 Å². The molecule has 1 heterocycles. The Kier molecular flexibility index (Phi) is 8.15. The van der Waals surface area contributed by atoms with Crippen LogP contribution in [0, 0.1) is 0 Å². The lowest BCUT2D eigenvalue weighted by molar-refractivity contribution is -0.122. The first-order chi connectivity index (χ1) is 15.3. The van der Waals surface area contributed by atoms with Crippen LogP contribution >= 0.6 is 0 Å². The van der Waals surface area contributed by atoms with Gasteiger partial charge in [0.15, 0.2) is 0 Å². The van der Waals surface area contributed by atoms with Crippen molar-refractivity contribution in [1.29, 1.82) is 0 Å². The molecule has 2 aromatic carbocycles. The minimum Gasteiger partial charge on any atom is -0.497 e. The first-order valence-electron chi connectivity index (χ1n) is 11.0. The third-order valence-corrected chi connectivity index (χ3v) is 7.07. The minimum absolute atomic E-state index is 0.348. The summed E-state index contributed by atoms with van der Waals surface area (Å²) in [5.74, 6) is 0.267. The number of nitrogens with one attached hydrogen (secondary N) is 1. The van der Waals surface area contributed by atoms with E-state index in [9.17, 15) is 13.2 Å². The van der Waals surface area contributed by atoms with Crippen LogP contribution in [0.1, 0.15) is 37.3 Å². The number of hydrogen-bond donors (Lipinski definition) is 1. The van der Waals surface area contributed by atoms with Crippen LogP contribution in [0.4, 0.5) is 5.69 Å². The maximum Gasteiger partial charge on any atom is 0.243 e. The van der Waals surface area contributed by atoms with Crippen LogP contribution in [-0.2, 0) is 27.9 Å². The van der Waals surface area contributed by atoms with Crippen molar-refractivity contribution in [2.45, 2.75) is 45.3 Å². The van der Waals surface area contributed by atoms with Crippen molar-refractivity contribution in [3.8, 4) is 5.75 Å². The lowest BCUT2D eigenvalue weighted by Gasteiger charge is -2.29. The van der Waals surface area contributed by atoms with Gasteiger partial charge in [0.2, 0.25) is 15.9 Å². The lowest BCUT2D eigenvalue weighted by Crippen LogP contribution is -2.47. The minimum atomic E-state index is -3.67. The summed E-state index contributed by atoms with van der Waals surface area (Å²) >= 11 is 0. The normalized spacial score (nSPS) is 15.7. The molecule has 32 heavy (non-hydrogen) atoms. The molecule has 1 aliphatic rings. The van der Waals surface area contributed by atoms with Gasteiger partial charge in [0, 0.05) is 13.1 Å². The zero-order chi connectivity index (χ0) is 23.1. The molecule has 3 rings (SSSR count). The molecular weight excluding hydrogens is 426 g/mol. The lowest BCUT2D eigenvalue weighted by atomic mass is 10.0. The molecule has 0 bridgehead atoms. The van der Waals surface area contributed by atoms with E-state index in [1.54, 1.807) is 38.3 Å². The highest BCUT2D eigenvalue weighted by molar-refractivity contribution is 7.92. The Balaban J connectivity index is 1.70. The van der Waals surface area contributed by atoms with Gasteiger partial charge in [-0.2, -0.15) is 0 Å². The molecule has 0 aromatic heterocycles. The summed E-state index contributed by atoms with van der Waals surface area (Å²) in [6, 6.07) is 13.8. The number of rotatable bonds is 9. The van der Waals surface area contributed by atoms with E-state index in [1.165, 1.54) is 24.8 Å². The molecular formula is C24H33N3O4S. The zero-order valence-corrected chi connectivity index (χ0v) is 19.9. The second-order valence-corrected chi connectivity index (χ2v) is 10.1. The number of nitrogens with zero attached hydrogens (tertiary/aromatic N) is 2. The van der Waals surface area contributed by atoms with Crippen molar-refractivity contribution < 1.29 is 17.9 Å². The van der Waals surface area contributed by atoms with Gasteiger partial charge in [-0.15, -0.1) is 0 Å². The molecule has 0 unspecified atom stereocenters. The van der Waals surface area contributed by atoms with Gasteiger partial charge in [0.25, 0.3) is 0 Å². The van der Waals surface area contributed by atoms with E-state index >= 15 is 0 Å². The van der Waals surface area contributed by atoms with Crippen molar-refractivity contribution in [2.75, 3.05) is 30.8 Å². The second-order valence-electron chi connectivity index (χ2n) is 8.26. The number of amides is 1. The molecule has 1 amide bonds. The first kappa shape index (κ1) is 24.1. The van der Waals surface area contributed by atoms with Crippen molar-refractivity contribution in [3.63, 3.8) is 0 Å². The number of likely N-dealkylation sites (tertiary alicyclic amines) is 1. The predicted molar refractivity (Wildman–Crippen MR) is 127 cm³/mol. The topological polar surface area (TPSA) is 79.0 Å². The molecule has 1 N–H and O–H groups in total. The van der Waals surface area contributed by atoms with Gasteiger partial charge >= 0.3 is 0 Å². The number of carbonyl (C=O) groups is 1. The van der Waals surface area contributed by atoms with Gasteiger partial charge in [-0.1, -0.05) is 30.7 Å². The van der Waals surface area contributed by atoms with Gasteiger partial charge in [-0.25, -0.2) is 8.42 Å². The van der Waals surface area contributed by atoms with E-state index in [4.69, 9.17) is 4.74 Å². The van der Waals surface area contributed by atoms with E-state index in [1.807, 2.05) is 18.2 Å². The summed E-state index contributed by atoms with van der Waals surface area (Å²) in [7, 11) is -2.12. The number of hydrogen-bond acceptors (Lipinski definition) is 5. The number of sulfonamides is 1. The first-order valence-corrected chi connectivity index (χ1v) is 12.8. The van der Waals surface area contributed by atoms with Crippen LogP contribution in [0.5, 0.6) is 5.75 Å².